The molecule has 2 aromatic carbocycles. The lowest BCUT2D eigenvalue weighted by atomic mass is 10.0. The second kappa shape index (κ2) is 8.87. The molecule has 1 amide bonds. The SMILES string of the molecule is COc1cccc(-c2n[nH]nc2C(=O)NC2CCN(Cc3ccccc3)CC2)c1. The highest BCUT2D eigenvalue weighted by molar-refractivity contribution is 5.98. The standard InChI is InChI=1S/C22H25N5O2/c1-29-19-9-5-8-17(14-19)20-21(25-26-24-20)22(28)23-18-10-12-27(13-11-18)15-16-6-3-2-4-7-16/h2-9,14,18H,10-13,15H2,1H3,(H,23,28)(H,24,25,26). The molecule has 0 atom stereocenters. The Morgan fingerprint density at radius 1 is 1.14 bits per heavy atom. The summed E-state index contributed by atoms with van der Waals surface area (Å²) in [7, 11) is 1.61. The molecule has 0 aliphatic carbocycles. The van der Waals surface area contributed by atoms with Gasteiger partial charge < -0.3 is 10.1 Å². The molecule has 1 aliphatic rings. The summed E-state index contributed by atoms with van der Waals surface area (Å²) in [4.78, 5) is 15.2. The van der Waals surface area contributed by atoms with Crippen LogP contribution in [0.3, 0.4) is 0 Å². The van der Waals surface area contributed by atoms with Crippen molar-refractivity contribution in [2.75, 3.05) is 20.2 Å². The summed E-state index contributed by atoms with van der Waals surface area (Å²) in [5, 5.41) is 14.0. The average Bonchev–Trinajstić information content (AvgIpc) is 3.26. The molecule has 1 saturated heterocycles. The largest absolute Gasteiger partial charge is 0.497 e. The fraction of sp³-hybridized carbons (Fsp3) is 0.318. The Labute approximate surface area is 170 Å². The van der Waals surface area contributed by atoms with Crippen LogP contribution < -0.4 is 10.1 Å². The Morgan fingerprint density at radius 3 is 2.69 bits per heavy atom. The number of rotatable bonds is 6. The van der Waals surface area contributed by atoms with Crippen LogP contribution in [0.1, 0.15) is 28.9 Å². The Hall–Kier alpha value is -3.19. The van der Waals surface area contributed by atoms with Crippen molar-refractivity contribution in [3.63, 3.8) is 0 Å². The second-order valence-corrected chi connectivity index (χ2v) is 7.26. The highest BCUT2D eigenvalue weighted by atomic mass is 16.5. The monoisotopic (exact) mass is 391 g/mol. The van der Waals surface area contributed by atoms with Gasteiger partial charge in [0.25, 0.3) is 5.91 Å². The summed E-state index contributed by atoms with van der Waals surface area (Å²) in [6.07, 6.45) is 1.84. The summed E-state index contributed by atoms with van der Waals surface area (Å²) >= 11 is 0. The number of carbonyl (C=O) groups is 1. The normalized spacial score (nSPS) is 15.2. The lowest BCUT2D eigenvalue weighted by Gasteiger charge is -2.32. The number of carbonyl (C=O) groups excluding carboxylic acids is 1. The smallest absolute Gasteiger partial charge is 0.274 e. The van der Waals surface area contributed by atoms with Crippen molar-refractivity contribution in [1.29, 1.82) is 0 Å². The van der Waals surface area contributed by atoms with Crippen LogP contribution >= 0.6 is 0 Å². The summed E-state index contributed by atoms with van der Waals surface area (Å²) < 4.78 is 5.26. The Bertz CT molecular complexity index is 949. The van der Waals surface area contributed by atoms with E-state index in [1.165, 1.54) is 5.56 Å². The zero-order valence-electron chi connectivity index (χ0n) is 16.5. The molecule has 7 heteroatoms. The number of hydrogen-bond acceptors (Lipinski definition) is 5. The van der Waals surface area contributed by atoms with E-state index in [0.29, 0.717) is 17.1 Å². The van der Waals surface area contributed by atoms with E-state index >= 15 is 0 Å². The molecule has 0 spiro atoms. The molecule has 0 bridgehead atoms. The average molecular weight is 391 g/mol. The van der Waals surface area contributed by atoms with Crippen LogP contribution in [-0.2, 0) is 6.54 Å². The maximum atomic E-state index is 12.8. The summed E-state index contributed by atoms with van der Waals surface area (Å²) in [6.45, 7) is 2.87. The van der Waals surface area contributed by atoms with Gasteiger partial charge in [0.2, 0.25) is 0 Å². The minimum absolute atomic E-state index is 0.143. The summed E-state index contributed by atoms with van der Waals surface area (Å²) in [6, 6.07) is 18.1. The first-order chi connectivity index (χ1) is 14.2. The molecule has 0 unspecified atom stereocenters. The van der Waals surface area contributed by atoms with Crippen LogP contribution in [0.5, 0.6) is 5.75 Å². The van der Waals surface area contributed by atoms with E-state index in [4.69, 9.17) is 4.74 Å². The predicted octanol–water partition coefficient (Wildman–Crippen LogP) is 2.87. The van der Waals surface area contributed by atoms with Crippen molar-refractivity contribution in [1.82, 2.24) is 25.6 Å². The quantitative estimate of drug-likeness (QED) is 0.675. The predicted molar refractivity (Wildman–Crippen MR) is 111 cm³/mol. The minimum atomic E-state index is -0.196. The number of ether oxygens (including phenoxy) is 1. The summed E-state index contributed by atoms with van der Waals surface area (Å²) in [5.74, 6) is 0.515. The molecule has 3 aromatic rings. The van der Waals surface area contributed by atoms with Crippen molar-refractivity contribution in [2.24, 2.45) is 0 Å². The van der Waals surface area contributed by atoms with Crippen LogP contribution in [0.25, 0.3) is 11.3 Å². The van der Waals surface area contributed by atoms with E-state index in [-0.39, 0.29) is 11.9 Å². The number of aromatic amines is 1. The van der Waals surface area contributed by atoms with Crippen LogP contribution in [-0.4, -0.2) is 52.5 Å². The van der Waals surface area contributed by atoms with Gasteiger partial charge >= 0.3 is 0 Å². The van der Waals surface area contributed by atoms with E-state index in [9.17, 15) is 4.79 Å². The maximum absolute atomic E-state index is 12.8. The highest BCUT2D eigenvalue weighted by Crippen LogP contribution is 2.24. The van der Waals surface area contributed by atoms with Gasteiger partial charge in [-0.3, -0.25) is 9.69 Å². The number of aromatic nitrogens is 3. The third-order valence-electron chi connectivity index (χ3n) is 5.28. The second-order valence-electron chi connectivity index (χ2n) is 7.26. The highest BCUT2D eigenvalue weighted by Gasteiger charge is 2.24. The minimum Gasteiger partial charge on any atom is -0.497 e. The van der Waals surface area contributed by atoms with Crippen LogP contribution in [0, 0.1) is 0 Å². The van der Waals surface area contributed by atoms with Gasteiger partial charge in [-0.25, -0.2) is 0 Å². The van der Waals surface area contributed by atoms with E-state index in [1.807, 2.05) is 30.3 Å². The number of benzene rings is 2. The zero-order chi connectivity index (χ0) is 20.1. The molecular formula is C22H25N5O2. The lowest BCUT2D eigenvalue weighted by molar-refractivity contribution is 0.0904. The number of nitrogens with one attached hydrogen (secondary N) is 2. The molecule has 4 rings (SSSR count). The van der Waals surface area contributed by atoms with Gasteiger partial charge in [-0.05, 0) is 30.5 Å². The van der Waals surface area contributed by atoms with E-state index in [2.05, 4.69) is 49.9 Å². The molecule has 29 heavy (non-hydrogen) atoms. The number of H-pyrrole nitrogens is 1. The van der Waals surface area contributed by atoms with Gasteiger partial charge in [-0.1, -0.05) is 42.5 Å². The number of likely N-dealkylation sites (tertiary alicyclic amines) is 1. The van der Waals surface area contributed by atoms with Gasteiger partial charge in [0.05, 0.1) is 7.11 Å². The topological polar surface area (TPSA) is 83.1 Å². The maximum Gasteiger partial charge on any atom is 0.274 e. The fourth-order valence-corrected chi connectivity index (χ4v) is 3.69. The van der Waals surface area contributed by atoms with Crippen LogP contribution in [0.15, 0.2) is 54.6 Å². The third kappa shape index (κ3) is 4.63. The first-order valence-corrected chi connectivity index (χ1v) is 9.85. The van der Waals surface area contributed by atoms with E-state index < -0.39 is 0 Å². The van der Waals surface area contributed by atoms with Gasteiger partial charge in [0, 0.05) is 31.2 Å². The molecule has 0 radical (unpaired) electrons. The molecule has 7 nitrogen and oxygen atoms in total. The number of nitrogens with zero attached hydrogens (tertiary/aromatic N) is 3. The molecule has 0 saturated carbocycles. The molecule has 2 N–H and O–H groups in total. The summed E-state index contributed by atoms with van der Waals surface area (Å²) in [5.41, 5.74) is 2.95. The number of amides is 1. The molecular weight excluding hydrogens is 366 g/mol. The fourth-order valence-electron chi connectivity index (χ4n) is 3.69. The number of hydrogen-bond donors (Lipinski definition) is 2. The zero-order valence-corrected chi connectivity index (χ0v) is 16.5. The molecule has 1 fully saturated rings. The van der Waals surface area contributed by atoms with Gasteiger partial charge in [-0.15, -0.1) is 0 Å². The molecule has 150 valence electrons. The van der Waals surface area contributed by atoms with Crippen molar-refractivity contribution in [3.8, 4) is 17.0 Å². The van der Waals surface area contributed by atoms with Crippen molar-refractivity contribution >= 4 is 5.91 Å². The van der Waals surface area contributed by atoms with Crippen LogP contribution in [0.4, 0.5) is 0 Å². The Morgan fingerprint density at radius 2 is 1.93 bits per heavy atom. The first kappa shape index (κ1) is 19.1. The number of piperidine rings is 1. The molecule has 1 aliphatic heterocycles. The first-order valence-electron chi connectivity index (χ1n) is 9.85. The van der Waals surface area contributed by atoms with Crippen molar-refractivity contribution in [2.45, 2.75) is 25.4 Å². The molecule has 1 aromatic heterocycles. The van der Waals surface area contributed by atoms with Gasteiger partial charge in [0.15, 0.2) is 5.69 Å². The Kier molecular flexibility index (Phi) is 5.86. The number of methoxy groups -OCH3 is 1. The van der Waals surface area contributed by atoms with Gasteiger partial charge in [0.1, 0.15) is 11.4 Å². The van der Waals surface area contributed by atoms with Gasteiger partial charge in [-0.2, -0.15) is 15.4 Å². The van der Waals surface area contributed by atoms with Crippen molar-refractivity contribution < 1.29 is 9.53 Å². The molecule has 2 heterocycles. The lowest BCUT2D eigenvalue weighted by Crippen LogP contribution is -2.44. The third-order valence-corrected chi connectivity index (χ3v) is 5.28. The van der Waals surface area contributed by atoms with E-state index in [0.717, 1.165) is 38.0 Å². The Balaban J connectivity index is 1.36. The van der Waals surface area contributed by atoms with E-state index in [1.54, 1.807) is 7.11 Å². The van der Waals surface area contributed by atoms with Crippen LogP contribution in [0.2, 0.25) is 0 Å². The van der Waals surface area contributed by atoms with Crippen molar-refractivity contribution in [3.05, 3.63) is 65.9 Å².